The number of hydrogen-bond donors (Lipinski definition) is 5. The van der Waals surface area contributed by atoms with Gasteiger partial charge in [0.15, 0.2) is 11.9 Å². The van der Waals surface area contributed by atoms with Crippen molar-refractivity contribution in [3.05, 3.63) is 12.2 Å². The molecule has 6 N–H and O–H groups in total. The summed E-state index contributed by atoms with van der Waals surface area (Å²) in [6.07, 6.45) is 1.38. The highest BCUT2D eigenvalue weighted by atomic mass is 16.4. The fourth-order valence-corrected chi connectivity index (χ4v) is 3.25. The van der Waals surface area contributed by atoms with Crippen molar-refractivity contribution in [2.75, 3.05) is 0 Å². The summed E-state index contributed by atoms with van der Waals surface area (Å²) >= 11 is 0. The predicted molar refractivity (Wildman–Crippen MR) is 79.2 cm³/mol. The Hall–Kier alpha value is -1.77. The van der Waals surface area contributed by atoms with Gasteiger partial charge in [-0.2, -0.15) is 0 Å². The van der Waals surface area contributed by atoms with Gasteiger partial charge in [-0.25, -0.2) is 4.79 Å². The van der Waals surface area contributed by atoms with Gasteiger partial charge in [0.2, 0.25) is 5.91 Å². The maximum Gasteiger partial charge on any atom is 0.332 e. The van der Waals surface area contributed by atoms with Crippen molar-refractivity contribution in [3.8, 4) is 0 Å². The van der Waals surface area contributed by atoms with Crippen LogP contribution in [-0.4, -0.2) is 57.3 Å². The van der Waals surface area contributed by atoms with Crippen LogP contribution >= 0.6 is 0 Å². The summed E-state index contributed by atoms with van der Waals surface area (Å²) in [7, 11) is 0. The van der Waals surface area contributed by atoms with Crippen LogP contribution in [-0.2, 0) is 14.4 Å². The van der Waals surface area contributed by atoms with Crippen molar-refractivity contribution < 1.29 is 29.7 Å². The van der Waals surface area contributed by atoms with E-state index in [9.17, 15) is 24.6 Å². The van der Waals surface area contributed by atoms with Crippen molar-refractivity contribution in [2.45, 2.75) is 50.5 Å². The van der Waals surface area contributed by atoms with Crippen LogP contribution in [0.3, 0.4) is 0 Å². The molecule has 0 bridgehead atoms. The van der Waals surface area contributed by atoms with E-state index >= 15 is 0 Å². The Labute approximate surface area is 133 Å². The molecule has 2 aliphatic carbocycles. The third kappa shape index (κ3) is 3.29. The lowest BCUT2D eigenvalue weighted by Gasteiger charge is -2.29. The van der Waals surface area contributed by atoms with Gasteiger partial charge in [0.05, 0.1) is 23.6 Å². The maximum absolute atomic E-state index is 12.1. The fourth-order valence-electron chi connectivity index (χ4n) is 3.25. The van der Waals surface area contributed by atoms with Crippen LogP contribution in [0.5, 0.6) is 0 Å². The van der Waals surface area contributed by atoms with Gasteiger partial charge in [-0.15, -0.1) is 0 Å². The zero-order valence-corrected chi connectivity index (χ0v) is 12.8. The van der Waals surface area contributed by atoms with Crippen molar-refractivity contribution in [3.63, 3.8) is 0 Å². The predicted octanol–water partition coefficient (Wildman–Crippen LogP) is -1.45. The molecular formula is C15H22N2O6. The summed E-state index contributed by atoms with van der Waals surface area (Å²) in [5.41, 5.74) is 4.73. The summed E-state index contributed by atoms with van der Waals surface area (Å²) in [5, 5.41) is 30.8. The van der Waals surface area contributed by atoms with Crippen molar-refractivity contribution >= 4 is 17.7 Å². The minimum Gasteiger partial charge on any atom is -0.479 e. The number of amides is 1. The van der Waals surface area contributed by atoms with Crippen LogP contribution in [0, 0.1) is 11.3 Å². The quantitative estimate of drug-likeness (QED) is 0.384. The molecule has 2 aliphatic rings. The van der Waals surface area contributed by atoms with Gasteiger partial charge in [-0.1, -0.05) is 6.08 Å². The SMILES string of the molecule is C[C@H](NC(=O)[C@H](N)C[C@H](O)C(=O)O)[C@H](O)[C@]12C[C@H]1CC=CC2=O. The minimum atomic E-state index is -1.73. The number of aliphatic carboxylic acids is 1. The number of fused-ring (bicyclic) bond motifs is 1. The van der Waals surface area contributed by atoms with E-state index in [1.807, 2.05) is 0 Å². The summed E-state index contributed by atoms with van der Waals surface area (Å²) < 4.78 is 0. The maximum atomic E-state index is 12.1. The molecule has 1 saturated carbocycles. The first-order chi connectivity index (χ1) is 10.7. The molecule has 23 heavy (non-hydrogen) atoms. The molecule has 2 rings (SSSR count). The monoisotopic (exact) mass is 326 g/mol. The average Bonchev–Trinajstić information content (AvgIpc) is 3.23. The third-order valence-corrected chi connectivity index (χ3v) is 4.77. The van der Waals surface area contributed by atoms with Crippen LogP contribution < -0.4 is 11.1 Å². The molecular weight excluding hydrogens is 304 g/mol. The van der Waals surface area contributed by atoms with E-state index in [0.717, 1.165) is 6.42 Å². The largest absolute Gasteiger partial charge is 0.479 e. The van der Waals surface area contributed by atoms with Crippen LogP contribution in [0.1, 0.15) is 26.2 Å². The van der Waals surface area contributed by atoms with Crippen molar-refractivity contribution in [1.82, 2.24) is 5.32 Å². The zero-order valence-electron chi connectivity index (χ0n) is 12.8. The molecule has 0 heterocycles. The molecule has 0 unspecified atom stereocenters. The van der Waals surface area contributed by atoms with Gasteiger partial charge in [-0.3, -0.25) is 9.59 Å². The molecule has 0 aromatic carbocycles. The van der Waals surface area contributed by atoms with Gasteiger partial charge in [0.25, 0.3) is 0 Å². The molecule has 0 aromatic rings. The van der Waals surface area contributed by atoms with Crippen LogP contribution in [0.25, 0.3) is 0 Å². The standard InChI is InChI=1S/C15H22N2O6/c1-7(17-13(21)9(16)5-10(18)14(22)23)12(20)15-6-8(15)3-2-4-11(15)19/h2,4,7-10,12,18,20H,3,5-6,16H2,1H3,(H,17,21)(H,22,23)/t7-,8+,9+,10-,12-,15+/m0/s1. The number of rotatable bonds is 7. The molecule has 8 nitrogen and oxygen atoms in total. The molecule has 1 amide bonds. The van der Waals surface area contributed by atoms with Crippen molar-refractivity contribution in [1.29, 1.82) is 0 Å². The number of aliphatic hydroxyl groups is 2. The normalized spacial score (nSPS) is 30.8. The Morgan fingerprint density at radius 2 is 2.13 bits per heavy atom. The average molecular weight is 326 g/mol. The number of aliphatic hydroxyl groups excluding tert-OH is 2. The first-order valence-corrected chi connectivity index (χ1v) is 7.56. The number of carbonyl (C=O) groups excluding carboxylic acids is 2. The number of hydrogen-bond acceptors (Lipinski definition) is 6. The van der Waals surface area contributed by atoms with E-state index in [1.54, 1.807) is 13.0 Å². The van der Waals surface area contributed by atoms with E-state index in [0.29, 0.717) is 6.42 Å². The Balaban J connectivity index is 1.92. The number of carboxylic acids is 1. The molecule has 1 fully saturated rings. The van der Waals surface area contributed by atoms with E-state index in [4.69, 9.17) is 10.8 Å². The molecule has 0 spiro atoms. The van der Waals surface area contributed by atoms with Gasteiger partial charge < -0.3 is 26.4 Å². The van der Waals surface area contributed by atoms with E-state index in [1.165, 1.54) is 6.08 Å². The van der Waals surface area contributed by atoms with E-state index in [-0.39, 0.29) is 11.7 Å². The van der Waals surface area contributed by atoms with Crippen molar-refractivity contribution in [2.24, 2.45) is 17.1 Å². The lowest BCUT2D eigenvalue weighted by Crippen LogP contribution is -2.53. The Bertz CT molecular complexity index is 548. The lowest BCUT2D eigenvalue weighted by molar-refractivity contribution is -0.147. The highest BCUT2D eigenvalue weighted by molar-refractivity contribution is 5.99. The highest BCUT2D eigenvalue weighted by Gasteiger charge is 2.64. The fraction of sp³-hybridized carbons (Fsp3) is 0.667. The van der Waals surface area contributed by atoms with Gasteiger partial charge in [0.1, 0.15) is 0 Å². The summed E-state index contributed by atoms with van der Waals surface area (Å²) in [6, 6.07) is -1.93. The number of allylic oxidation sites excluding steroid dienone is 2. The lowest BCUT2D eigenvalue weighted by atomic mass is 9.83. The summed E-state index contributed by atoms with van der Waals surface area (Å²) in [4.78, 5) is 34.6. The number of carboxylic acid groups (broad SMARTS) is 1. The Morgan fingerprint density at radius 3 is 2.70 bits per heavy atom. The van der Waals surface area contributed by atoms with Gasteiger partial charge >= 0.3 is 5.97 Å². The number of nitrogens with two attached hydrogens (primary N) is 1. The number of nitrogens with one attached hydrogen (secondary N) is 1. The second-order valence-electron chi connectivity index (χ2n) is 6.38. The molecule has 6 atom stereocenters. The smallest absolute Gasteiger partial charge is 0.332 e. The van der Waals surface area contributed by atoms with Gasteiger partial charge in [-0.05, 0) is 31.8 Å². The third-order valence-electron chi connectivity index (χ3n) is 4.77. The Morgan fingerprint density at radius 1 is 1.48 bits per heavy atom. The minimum absolute atomic E-state index is 0.0943. The van der Waals surface area contributed by atoms with Gasteiger partial charge in [0, 0.05) is 6.42 Å². The van der Waals surface area contributed by atoms with E-state index in [2.05, 4.69) is 5.32 Å². The van der Waals surface area contributed by atoms with E-state index < -0.39 is 48.0 Å². The Kier molecular flexibility index (Phi) is 4.88. The van der Waals surface area contributed by atoms with Crippen LogP contribution in [0.2, 0.25) is 0 Å². The molecule has 0 aliphatic heterocycles. The summed E-state index contributed by atoms with van der Waals surface area (Å²) in [6.45, 7) is 1.57. The zero-order chi connectivity index (χ0) is 17.4. The highest BCUT2D eigenvalue weighted by Crippen LogP contribution is 2.60. The molecule has 8 heteroatoms. The first kappa shape index (κ1) is 17.6. The van der Waals surface area contributed by atoms with Crippen LogP contribution in [0.4, 0.5) is 0 Å². The second-order valence-corrected chi connectivity index (χ2v) is 6.38. The first-order valence-electron chi connectivity index (χ1n) is 7.56. The molecule has 128 valence electrons. The van der Waals surface area contributed by atoms with Crippen LogP contribution in [0.15, 0.2) is 12.2 Å². The summed E-state index contributed by atoms with van der Waals surface area (Å²) in [5.74, 6) is -2.17. The molecule has 0 saturated heterocycles. The number of carbonyl (C=O) groups is 3. The number of ketones is 1. The second kappa shape index (κ2) is 6.38. The topological polar surface area (TPSA) is 150 Å². The molecule has 0 radical (unpaired) electrons. The molecule has 0 aromatic heterocycles.